The first-order valence-corrected chi connectivity index (χ1v) is 9.42. The van der Waals surface area contributed by atoms with Gasteiger partial charge in [-0.25, -0.2) is 13.2 Å². The quantitative estimate of drug-likeness (QED) is 0.672. The minimum atomic E-state index is -3.66. The Morgan fingerprint density at radius 3 is 2.00 bits per heavy atom. The van der Waals surface area contributed by atoms with Crippen LogP contribution in [-0.4, -0.2) is 14.4 Å². The van der Waals surface area contributed by atoms with Crippen LogP contribution in [0.3, 0.4) is 0 Å². The number of anilines is 1. The molecule has 0 heterocycles. The van der Waals surface area contributed by atoms with Gasteiger partial charge in [-0.2, -0.15) is 0 Å². The zero-order valence-corrected chi connectivity index (χ0v) is 14.6. The van der Waals surface area contributed by atoms with E-state index >= 15 is 0 Å². The van der Waals surface area contributed by atoms with Crippen LogP contribution in [-0.2, 0) is 21.4 Å². The van der Waals surface area contributed by atoms with Crippen LogP contribution >= 0.6 is 0 Å². The SMILES string of the molecule is O=C(OCc1ccccc1)c1ccc(NS(=O)(=O)c2ccccc2)cc1. The van der Waals surface area contributed by atoms with Gasteiger partial charge in [-0.05, 0) is 42.0 Å². The van der Waals surface area contributed by atoms with E-state index in [4.69, 9.17) is 4.74 Å². The number of sulfonamides is 1. The van der Waals surface area contributed by atoms with Gasteiger partial charge in [0.2, 0.25) is 0 Å². The predicted octanol–water partition coefficient (Wildman–Crippen LogP) is 3.84. The van der Waals surface area contributed by atoms with E-state index in [1.54, 1.807) is 18.2 Å². The van der Waals surface area contributed by atoms with E-state index < -0.39 is 16.0 Å². The maximum atomic E-state index is 12.3. The van der Waals surface area contributed by atoms with E-state index in [1.165, 1.54) is 36.4 Å². The largest absolute Gasteiger partial charge is 0.457 e. The molecule has 5 nitrogen and oxygen atoms in total. The summed E-state index contributed by atoms with van der Waals surface area (Å²) >= 11 is 0. The number of esters is 1. The van der Waals surface area contributed by atoms with Crippen LogP contribution in [0, 0.1) is 0 Å². The Balaban J connectivity index is 1.64. The molecule has 0 unspecified atom stereocenters. The zero-order chi connectivity index (χ0) is 18.4. The molecule has 0 bridgehead atoms. The average molecular weight is 367 g/mol. The van der Waals surface area contributed by atoms with Crippen LogP contribution in [0.2, 0.25) is 0 Å². The molecular formula is C20H17NO4S. The summed E-state index contributed by atoms with van der Waals surface area (Å²) in [5, 5.41) is 0. The lowest BCUT2D eigenvalue weighted by atomic mass is 10.2. The smallest absolute Gasteiger partial charge is 0.338 e. The lowest BCUT2D eigenvalue weighted by Gasteiger charge is -2.09. The number of hydrogen-bond acceptors (Lipinski definition) is 4. The summed E-state index contributed by atoms with van der Waals surface area (Å²) in [6.45, 7) is 0.183. The number of rotatable bonds is 6. The monoisotopic (exact) mass is 367 g/mol. The fourth-order valence-electron chi connectivity index (χ4n) is 2.29. The Morgan fingerprint density at radius 2 is 1.38 bits per heavy atom. The third-order valence-electron chi connectivity index (χ3n) is 3.64. The molecule has 0 saturated carbocycles. The molecule has 132 valence electrons. The second kappa shape index (κ2) is 7.84. The van der Waals surface area contributed by atoms with E-state index in [2.05, 4.69) is 4.72 Å². The molecule has 0 fully saturated rings. The van der Waals surface area contributed by atoms with Crippen LogP contribution < -0.4 is 4.72 Å². The molecule has 0 radical (unpaired) electrons. The molecule has 26 heavy (non-hydrogen) atoms. The Labute approximate surface area is 152 Å². The molecule has 0 aliphatic rings. The highest BCUT2D eigenvalue weighted by molar-refractivity contribution is 7.92. The first-order valence-electron chi connectivity index (χ1n) is 7.93. The fraction of sp³-hybridized carbons (Fsp3) is 0.0500. The van der Waals surface area contributed by atoms with Gasteiger partial charge in [-0.1, -0.05) is 48.5 Å². The number of benzene rings is 3. The first-order chi connectivity index (χ1) is 12.5. The maximum absolute atomic E-state index is 12.3. The second-order valence-corrected chi connectivity index (χ2v) is 7.24. The van der Waals surface area contributed by atoms with Crippen LogP contribution in [0.1, 0.15) is 15.9 Å². The van der Waals surface area contributed by atoms with Crippen molar-refractivity contribution in [3.05, 3.63) is 96.1 Å². The van der Waals surface area contributed by atoms with Gasteiger partial charge in [-0.3, -0.25) is 4.72 Å². The van der Waals surface area contributed by atoms with E-state index in [-0.39, 0.29) is 11.5 Å². The van der Waals surface area contributed by atoms with Gasteiger partial charge in [0.15, 0.2) is 0 Å². The Bertz CT molecular complexity index is 969. The first kappa shape index (κ1) is 17.7. The summed E-state index contributed by atoms with van der Waals surface area (Å²) in [6.07, 6.45) is 0. The van der Waals surface area contributed by atoms with Crippen LogP contribution in [0.25, 0.3) is 0 Å². The average Bonchev–Trinajstić information content (AvgIpc) is 2.68. The molecule has 6 heteroatoms. The van der Waals surface area contributed by atoms with Gasteiger partial charge in [-0.15, -0.1) is 0 Å². The topological polar surface area (TPSA) is 72.5 Å². The van der Waals surface area contributed by atoms with Crippen molar-refractivity contribution in [2.24, 2.45) is 0 Å². The molecule has 0 spiro atoms. The van der Waals surface area contributed by atoms with Crippen molar-refractivity contribution in [3.63, 3.8) is 0 Å². The standard InChI is InChI=1S/C20H17NO4S/c22-20(25-15-16-7-3-1-4-8-16)17-11-13-18(14-12-17)21-26(23,24)19-9-5-2-6-10-19/h1-14,21H,15H2. The molecule has 3 aromatic carbocycles. The van der Waals surface area contributed by atoms with Gasteiger partial charge in [0.05, 0.1) is 10.5 Å². The summed E-state index contributed by atoms with van der Waals surface area (Å²) in [5.41, 5.74) is 1.62. The molecule has 3 rings (SSSR count). The molecule has 0 aliphatic carbocycles. The molecule has 0 aliphatic heterocycles. The van der Waals surface area contributed by atoms with Crippen molar-refractivity contribution in [1.82, 2.24) is 0 Å². The number of carbonyl (C=O) groups excluding carboxylic acids is 1. The molecule has 0 aromatic heterocycles. The molecule has 3 aromatic rings. The highest BCUT2D eigenvalue weighted by atomic mass is 32.2. The summed E-state index contributed by atoms with van der Waals surface area (Å²) in [7, 11) is -3.66. The van der Waals surface area contributed by atoms with Gasteiger partial charge in [0, 0.05) is 5.69 Å². The molecule has 1 N–H and O–H groups in total. The summed E-state index contributed by atoms with van der Waals surface area (Å²) in [6, 6.07) is 23.5. The Kier molecular flexibility index (Phi) is 5.34. The van der Waals surface area contributed by atoms with E-state index in [0.717, 1.165) is 5.56 Å². The number of hydrogen-bond donors (Lipinski definition) is 1. The zero-order valence-electron chi connectivity index (χ0n) is 13.8. The Morgan fingerprint density at radius 1 is 0.808 bits per heavy atom. The second-order valence-electron chi connectivity index (χ2n) is 5.56. The molecule has 0 amide bonds. The van der Waals surface area contributed by atoms with Crippen LogP contribution in [0.5, 0.6) is 0 Å². The normalized spacial score (nSPS) is 10.9. The highest BCUT2D eigenvalue weighted by Gasteiger charge is 2.14. The minimum absolute atomic E-state index is 0.173. The van der Waals surface area contributed by atoms with E-state index in [1.807, 2.05) is 30.3 Å². The van der Waals surface area contributed by atoms with Crippen molar-refractivity contribution in [1.29, 1.82) is 0 Å². The predicted molar refractivity (Wildman–Crippen MR) is 99.3 cm³/mol. The molecule has 0 atom stereocenters. The Hall–Kier alpha value is -3.12. The number of ether oxygens (including phenoxy) is 1. The van der Waals surface area contributed by atoms with Crippen molar-refractivity contribution in [2.45, 2.75) is 11.5 Å². The van der Waals surface area contributed by atoms with Gasteiger partial charge in [0.25, 0.3) is 10.0 Å². The minimum Gasteiger partial charge on any atom is -0.457 e. The van der Waals surface area contributed by atoms with Crippen molar-refractivity contribution >= 4 is 21.7 Å². The number of nitrogens with one attached hydrogen (secondary N) is 1. The summed E-state index contributed by atoms with van der Waals surface area (Å²) in [4.78, 5) is 12.2. The third kappa shape index (κ3) is 4.49. The van der Waals surface area contributed by atoms with Gasteiger partial charge in [0.1, 0.15) is 6.61 Å². The van der Waals surface area contributed by atoms with Gasteiger partial charge >= 0.3 is 5.97 Å². The number of carbonyl (C=O) groups is 1. The summed E-state index contributed by atoms with van der Waals surface area (Å²) in [5.74, 6) is -0.466. The lowest BCUT2D eigenvalue weighted by molar-refractivity contribution is 0.0473. The lowest BCUT2D eigenvalue weighted by Crippen LogP contribution is -2.13. The fourth-order valence-corrected chi connectivity index (χ4v) is 3.37. The van der Waals surface area contributed by atoms with Gasteiger partial charge < -0.3 is 4.74 Å². The van der Waals surface area contributed by atoms with E-state index in [9.17, 15) is 13.2 Å². The van der Waals surface area contributed by atoms with E-state index in [0.29, 0.717) is 11.3 Å². The van der Waals surface area contributed by atoms with Crippen molar-refractivity contribution < 1.29 is 17.9 Å². The maximum Gasteiger partial charge on any atom is 0.338 e. The third-order valence-corrected chi connectivity index (χ3v) is 5.04. The molecule has 0 saturated heterocycles. The van der Waals surface area contributed by atoms with Crippen molar-refractivity contribution in [3.8, 4) is 0 Å². The highest BCUT2D eigenvalue weighted by Crippen LogP contribution is 2.17. The molecular weight excluding hydrogens is 350 g/mol. The van der Waals surface area contributed by atoms with Crippen LogP contribution in [0.15, 0.2) is 89.8 Å². The van der Waals surface area contributed by atoms with Crippen molar-refractivity contribution in [2.75, 3.05) is 4.72 Å². The van der Waals surface area contributed by atoms with Crippen LogP contribution in [0.4, 0.5) is 5.69 Å². The summed E-state index contributed by atoms with van der Waals surface area (Å²) < 4.78 is 32.3.